The minimum atomic E-state index is -4.41. The standard InChI is InChI=1S/C22H21F3N4O2/c1-14(2)28(13-16-9-10-29-19(11-16)18(12-27-29)21(26)31)20(30)8-5-15-3-6-17(7-4-15)22(23,24)25/h3-12,14H,13H2,1-2H3,(H2,26,31)/b8-5-. The van der Waals surface area contributed by atoms with Crippen LogP contribution in [0.5, 0.6) is 0 Å². The van der Waals surface area contributed by atoms with E-state index in [9.17, 15) is 22.8 Å². The quantitative estimate of drug-likeness (QED) is 0.603. The van der Waals surface area contributed by atoms with Crippen molar-refractivity contribution < 1.29 is 22.8 Å². The van der Waals surface area contributed by atoms with E-state index in [1.54, 1.807) is 23.2 Å². The number of pyridine rings is 1. The Labute approximate surface area is 176 Å². The number of nitrogens with zero attached hydrogens (tertiary/aromatic N) is 3. The van der Waals surface area contributed by atoms with Crippen molar-refractivity contribution in [3.63, 3.8) is 0 Å². The molecule has 0 radical (unpaired) electrons. The van der Waals surface area contributed by atoms with Gasteiger partial charge in [0.15, 0.2) is 0 Å². The summed E-state index contributed by atoms with van der Waals surface area (Å²) in [6.07, 6.45) is 1.47. The summed E-state index contributed by atoms with van der Waals surface area (Å²) in [5.74, 6) is -0.887. The number of nitrogens with two attached hydrogens (primary N) is 1. The van der Waals surface area contributed by atoms with Crippen molar-refractivity contribution in [2.75, 3.05) is 0 Å². The SMILES string of the molecule is CC(C)N(Cc1ccn2ncc(C(N)=O)c2c1)C(=O)/C=C\c1ccc(C(F)(F)F)cc1. The van der Waals surface area contributed by atoms with Gasteiger partial charge in [0.25, 0.3) is 5.91 Å². The molecule has 0 fully saturated rings. The number of primary amides is 1. The maximum atomic E-state index is 12.7. The lowest BCUT2D eigenvalue weighted by Crippen LogP contribution is -2.35. The Morgan fingerprint density at radius 2 is 1.87 bits per heavy atom. The zero-order chi connectivity index (χ0) is 22.8. The van der Waals surface area contributed by atoms with E-state index in [0.717, 1.165) is 17.7 Å². The van der Waals surface area contributed by atoms with E-state index in [1.807, 2.05) is 13.8 Å². The number of benzene rings is 1. The van der Waals surface area contributed by atoms with Crippen LogP contribution in [0.3, 0.4) is 0 Å². The normalized spacial score (nSPS) is 12.1. The molecule has 2 amide bonds. The van der Waals surface area contributed by atoms with Gasteiger partial charge in [0.05, 0.1) is 22.8 Å². The second-order valence-corrected chi connectivity index (χ2v) is 7.30. The molecular formula is C22H21F3N4O2. The van der Waals surface area contributed by atoms with Gasteiger partial charge in [-0.3, -0.25) is 9.59 Å². The third kappa shape index (κ3) is 5.11. The second-order valence-electron chi connectivity index (χ2n) is 7.30. The molecule has 2 aromatic heterocycles. The first kappa shape index (κ1) is 22.1. The molecule has 3 rings (SSSR count). The number of halogens is 3. The van der Waals surface area contributed by atoms with E-state index >= 15 is 0 Å². The van der Waals surface area contributed by atoms with E-state index in [-0.39, 0.29) is 24.1 Å². The summed E-state index contributed by atoms with van der Waals surface area (Å²) in [6.45, 7) is 3.99. The van der Waals surface area contributed by atoms with Gasteiger partial charge in [0, 0.05) is 24.9 Å². The Morgan fingerprint density at radius 3 is 2.45 bits per heavy atom. The van der Waals surface area contributed by atoms with Crippen molar-refractivity contribution in [2.24, 2.45) is 5.73 Å². The van der Waals surface area contributed by atoms with Crippen LogP contribution in [0.15, 0.2) is 54.9 Å². The first-order valence-electron chi connectivity index (χ1n) is 9.48. The fourth-order valence-corrected chi connectivity index (χ4v) is 3.07. The highest BCUT2D eigenvalue weighted by molar-refractivity contribution is 5.99. The number of fused-ring (bicyclic) bond motifs is 1. The van der Waals surface area contributed by atoms with E-state index in [4.69, 9.17) is 5.73 Å². The van der Waals surface area contributed by atoms with Crippen LogP contribution in [0, 0.1) is 0 Å². The molecule has 9 heteroatoms. The molecule has 0 aliphatic carbocycles. The van der Waals surface area contributed by atoms with Crippen LogP contribution in [0.4, 0.5) is 13.2 Å². The molecular weight excluding hydrogens is 409 g/mol. The van der Waals surface area contributed by atoms with E-state index < -0.39 is 17.6 Å². The van der Waals surface area contributed by atoms with Crippen molar-refractivity contribution >= 4 is 23.4 Å². The summed E-state index contributed by atoms with van der Waals surface area (Å²) in [4.78, 5) is 25.9. The lowest BCUT2D eigenvalue weighted by Gasteiger charge is -2.25. The maximum absolute atomic E-state index is 12.7. The van der Waals surface area contributed by atoms with Crippen molar-refractivity contribution in [1.82, 2.24) is 14.5 Å². The van der Waals surface area contributed by atoms with Gasteiger partial charge in [0.1, 0.15) is 0 Å². The highest BCUT2D eigenvalue weighted by Gasteiger charge is 2.29. The van der Waals surface area contributed by atoms with Crippen molar-refractivity contribution in [1.29, 1.82) is 0 Å². The molecule has 0 spiro atoms. The molecule has 162 valence electrons. The van der Waals surface area contributed by atoms with Gasteiger partial charge >= 0.3 is 6.18 Å². The van der Waals surface area contributed by atoms with Crippen LogP contribution in [0.2, 0.25) is 0 Å². The fourth-order valence-electron chi connectivity index (χ4n) is 3.07. The third-order valence-corrected chi connectivity index (χ3v) is 4.77. The van der Waals surface area contributed by atoms with E-state index in [1.165, 1.54) is 35.0 Å². The summed E-state index contributed by atoms with van der Waals surface area (Å²) in [5, 5.41) is 4.07. The summed E-state index contributed by atoms with van der Waals surface area (Å²) in [5.41, 5.74) is 6.71. The Balaban J connectivity index is 1.78. The van der Waals surface area contributed by atoms with Crippen molar-refractivity contribution in [3.05, 3.63) is 77.1 Å². The Bertz CT molecular complexity index is 1130. The molecule has 3 aromatic rings. The van der Waals surface area contributed by atoms with Crippen molar-refractivity contribution in [2.45, 2.75) is 32.6 Å². The number of hydrogen-bond donors (Lipinski definition) is 1. The average Bonchev–Trinajstić information content (AvgIpc) is 3.13. The fraction of sp³-hybridized carbons (Fsp3) is 0.227. The van der Waals surface area contributed by atoms with Crippen LogP contribution >= 0.6 is 0 Å². The number of rotatable bonds is 6. The lowest BCUT2D eigenvalue weighted by molar-refractivity contribution is -0.137. The zero-order valence-electron chi connectivity index (χ0n) is 16.9. The summed E-state index contributed by atoms with van der Waals surface area (Å²) >= 11 is 0. The molecule has 0 aliphatic rings. The number of hydrogen-bond acceptors (Lipinski definition) is 3. The van der Waals surface area contributed by atoms with Gasteiger partial charge in [-0.1, -0.05) is 12.1 Å². The Kier molecular flexibility index (Phi) is 6.14. The molecule has 31 heavy (non-hydrogen) atoms. The molecule has 1 aromatic carbocycles. The topological polar surface area (TPSA) is 80.7 Å². The van der Waals surface area contributed by atoms with Crippen LogP contribution < -0.4 is 5.73 Å². The lowest BCUT2D eigenvalue weighted by atomic mass is 10.1. The van der Waals surface area contributed by atoms with Gasteiger partial charge in [0.2, 0.25) is 5.91 Å². The smallest absolute Gasteiger partial charge is 0.365 e. The number of alkyl halides is 3. The largest absolute Gasteiger partial charge is 0.416 e. The maximum Gasteiger partial charge on any atom is 0.416 e. The molecule has 2 N–H and O–H groups in total. The molecule has 2 heterocycles. The van der Waals surface area contributed by atoms with Gasteiger partial charge in [-0.15, -0.1) is 0 Å². The second kappa shape index (κ2) is 8.63. The molecule has 0 bridgehead atoms. The van der Waals surface area contributed by atoms with E-state index in [2.05, 4.69) is 5.10 Å². The summed E-state index contributed by atoms with van der Waals surface area (Å²) in [7, 11) is 0. The molecule has 0 saturated carbocycles. The molecule has 0 atom stereocenters. The average molecular weight is 430 g/mol. The van der Waals surface area contributed by atoms with E-state index in [0.29, 0.717) is 11.1 Å². The van der Waals surface area contributed by atoms with Gasteiger partial charge < -0.3 is 10.6 Å². The predicted molar refractivity (Wildman–Crippen MR) is 110 cm³/mol. The summed E-state index contributed by atoms with van der Waals surface area (Å²) in [6, 6.07) is 7.96. The number of aromatic nitrogens is 2. The molecule has 0 unspecified atom stereocenters. The Hall–Kier alpha value is -3.62. The zero-order valence-corrected chi connectivity index (χ0v) is 16.9. The number of carbonyl (C=O) groups is 2. The highest BCUT2D eigenvalue weighted by atomic mass is 19.4. The van der Waals surface area contributed by atoms with Crippen LogP contribution in [0.25, 0.3) is 11.6 Å². The highest BCUT2D eigenvalue weighted by Crippen LogP contribution is 2.29. The monoisotopic (exact) mass is 430 g/mol. The summed E-state index contributed by atoms with van der Waals surface area (Å²) < 4.78 is 39.5. The van der Waals surface area contributed by atoms with Gasteiger partial charge in [-0.2, -0.15) is 18.3 Å². The number of amides is 2. The minimum absolute atomic E-state index is 0.137. The first-order valence-corrected chi connectivity index (χ1v) is 9.48. The molecule has 0 aliphatic heterocycles. The molecule has 0 saturated heterocycles. The van der Waals surface area contributed by atoms with Crippen molar-refractivity contribution in [3.8, 4) is 0 Å². The number of carbonyl (C=O) groups excluding carboxylic acids is 2. The minimum Gasteiger partial charge on any atom is -0.365 e. The van der Waals surface area contributed by atoms with Gasteiger partial charge in [-0.05, 0) is 55.3 Å². The van der Waals surface area contributed by atoms with Crippen LogP contribution in [-0.4, -0.2) is 32.4 Å². The predicted octanol–water partition coefficient (Wildman–Crippen LogP) is 3.90. The first-order chi connectivity index (χ1) is 14.6. The van der Waals surface area contributed by atoms with Crippen LogP contribution in [0.1, 0.15) is 40.9 Å². The third-order valence-electron chi connectivity index (χ3n) is 4.77. The van der Waals surface area contributed by atoms with Gasteiger partial charge in [-0.25, -0.2) is 4.52 Å². The molecule has 6 nitrogen and oxygen atoms in total. The van der Waals surface area contributed by atoms with Crippen LogP contribution in [-0.2, 0) is 17.5 Å². The Morgan fingerprint density at radius 1 is 1.19 bits per heavy atom.